The molecule has 0 fully saturated rings. The Balaban J connectivity index is 1.75. The van der Waals surface area contributed by atoms with Gasteiger partial charge in [0.2, 0.25) is 5.91 Å². The molecule has 0 bridgehead atoms. The van der Waals surface area contributed by atoms with Crippen LogP contribution in [0.15, 0.2) is 58.7 Å². The van der Waals surface area contributed by atoms with Crippen molar-refractivity contribution in [3.8, 4) is 11.4 Å². The van der Waals surface area contributed by atoms with Crippen LogP contribution in [-0.2, 0) is 11.3 Å². The van der Waals surface area contributed by atoms with E-state index in [0.29, 0.717) is 23.1 Å². The Labute approximate surface area is 181 Å². The molecule has 150 valence electrons. The molecule has 0 saturated heterocycles. The summed E-state index contributed by atoms with van der Waals surface area (Å²) in [7, 11) is 0. The molecule has 0 atom stereocenters. The molecule has 3 rings (SSSR count). The third kappa shape index (κ3) is 4.76. The molecule has 0 spiro atoms. The van der Waals surface area contributed by atoms with Crippen LogP contribution in [0.5, 0.6) is 0 Å². The molecule has 0 aliphatic carbocycles. The van der Waals surface area contributed by atoms with Gasteiger partial charge in [0, 0.05) is 16.7 Å². The van der Waals surface area contributed by atoms with Crippen LogP contribution in [0.4, 0.5) is 10.1 Å². The zero-order chi connectivity index (χ0) is 21.0. The SMILES string of the molecule is C=CCn1c(SCC(=O)Nc2ccc(Br)c(C)c2C)nnc1-c1ccccc1F. The minimum Gasteiger partial charge on any atom is -0.325 e. The predicted molar refractivity (Wildman–Crippen MR) is 119 cm³/mol. The Bertz CT molecular complexity index is 1070. The third-order valence-electron chi connectivity index (χ3n) is 4.47. The monoisotopic (exact) mass is 474 g/mol. The van der Waals surface area contributed by atoms with Gasteiger partial charge in [-0.1, -0.05) is 45.9 Å². The number of nitrogens with zero attached hydrogens (tertiary/aromatic N) is 3. The van der Waals surface area contributed by atoms with Crippen LogP contribution in [0.1, 0.15) is 11.1 Å². The molecule has 0 saturated carbocycles. The van der Waals surface area contributed by atoms with Gasteiger partial charge in [-0.3, -0.25) is 9.36 Å². The Morgan fingerprint density at radius 3 is 2.72 bits per heavy atom. The van der Waals surface area contributed by atoms with Crippen molar-refractivity contribution >= 4 is 39.3 Å². The van der Waals surface area contributed by atoms with E-state index in [2.05, 4.69) is 38.0 Å². The lowest BCUT2D eigenvalue weighted by molar-refractivity contribution is -0.113. The maximum atomic E-state index is 14.2. The van der Waals surface area contributed by atoms with Gasteiger partial charge in [0.15, 0.2) is 11.0 Å². The number of carbonyl (C=O) groups is 1. The number of amides is 1. The van der Waals surface area contributed by atoms with Crippen molar-refractivity contribution < 1.29 is 9.18 Å². The number of rotatable bonds is 7. The van der Waals surface area contributed by atoms with E-state index in [1.54, 1.807) is 28.8 Å². The quantitative estimate of drug-likeness (QED) is 0.368. The number of aromatic nitrogens is 3. The summed E-state index contributed by atoms with van der Waals surface area (Å²) in [4.78, 5) is 12.5. The van der Waals surface area contributed by atoms with E-state index >= 15 is 0 Å². The first-order valence-corrected chi connectivity index (χ1v) is 10.7. The topological polar surface area (TPSA) is 59.8 Å². The van der Waals surface area contributed by atoms with Crippen LogP contribution in [0.2, 0.25) is 0 Å². The highest BCUT2D eigenvalue weighted by Gasteiger charge is 2.17. The number of carbonyl (C=O) groups excluding carboxylic acids is 1. The van der Waals surface area contributed by atoms with Gasteiger partial charge in [-0.15, -0.1) is 16.8 Å². The smallest absolute Gasteiger partial charge is 0.234 e. The Hall–Kier alpha value is -2.45. The number of anilines is 1. The lowest BCUT2D eigenvalue weighted by Crippen LogP contribution is -2.15. The number of hydrogen-bond acceptors (Lipinski definition) is 4. The van der Waals surface area contributed by atoms with Crippen molar-refractivity contribution in [1.29, 1.82) is 0 Å². The van der Waals surface area contributed by atoms with Gasteiger partial charge in [-0.05, 0) is 49.2 Å². The molecular weight excluding hydrogens is 455 g/mol. The fourth-order valence-corrected chi connectivity index (χ4v) is 3.95. The van der Waals surface area contributed by atoms with Gasteiger partial charge in [-0.25, -0.2) is 4.39 Å². The summed E-state index contributed by atoms with van der Waals surface area (Å²) in [5, 5.41) is 11.7. The average Bonchev–Trinajstić information content (AvgIpc) is 3.10. The molecule has 1 heterocycles. The highest BCUT2D eigenvalue weighted by molar-refractivity contribution is 9.10. The Morgan fingerprint density at radius 1 is 1.24 bits per heavy atom. The molecule has 1 amide bonds. The minimum atomic E-state index is -0.374. The molecule has 2 aromatic carbocycles. The second-order valence-electron chi connectivity index (χ2n) is 6.37. The molecule has 0 aliphatic rings. The Morgan fingerprint density at radius 2 is 2.00 bits per heavy atom. The van der Waals surface area contributed by atoms with Gasteiger partial charge in [0.1, 0.15) is 5.82 Å². The van der Waals surface area contributed by atoms with Gasteiger partial charge in [0.25, 0.3) is 0 Å². The Kier molecular flexibility index (Phi) is 6.87. The minimum absolute atomic E-state index is 0.152. The maximum Gasteiger partial charge on any atom is 0.234 e. The van der Waals surface area contributed by atoms with E-state index in [4.69, 9.17) is 0 Å². The normalized spacial score (nSPS) is 10.8. The van der Waals surface area contributed by atoms with E-state index in [-0.39, 0.29) is 17.5 Å². The number of thioether (sulfide) groups is 1. The molecule has 1 N–H and O–H groups in total. The van der Waals surface area contributed by atoms with Crippen LogP contribution >= 0.6 is 27.7 Å². The number of allylic oxidation sites excluding steroid dienone is 1. The highest BCUT2D eigenvalue weighted by Crippen LogP contribution is 2.28. The molecule has 0 radical (unpaired) electrons. The van der Waals surface area contributed by atoms with E-state index in [1.165, 1.54) is 17.8 Å². The van der Waals surface area contributed by atoms with Gasteiger partial charge < -0.3 is 5.32 Å². The highest BCUT2D eigenvalue weighted by atomic mass is 79.9. The first-order valence-electron chi connectivity index (χ1n) is 8.89. The van der Waals surface area contributed by atoms with E-state index in [1.807, 2.05) is 26.0 Å². The van der Waals surface area contributed by atoms with Crippen LogP contribution in [0.25, 0.3) is 11.4 Å². The van der Waals surface area contributed by atoms with E-state index < -0.39 is 0 Å². The summed E-state index contributed by atoms with van der Waals surface area (Å²) < 4.78 is 16.9. The van der Waals surface area contributed by atoms with Gasteiger partial charge in [0.05, 0.1) is 11.3 Å². The van der Waals surface area contributed by atoms with Crippen molar-refractivity contribution in [1.82, 2.24) is 14.8 Å². The number of hydrogen-bond donors (Lipinski definition) is 1. The zero-order valence-corrected chi connectivity index (χ0v) is 18.5. The number of halogens is 2. The van der Waals surface area contributed by atoms with Gasteiger partial charge in [-0.2, -0.15) is 0 Å². The van der Waals surface area contributed by atoms with Crippen LogP contribution in [0, 0.1) is 19.7 Å². The summed E-state index contributed by atoms with van der Waals surface area (Å²) in [6.07, 6.45) is 1.69. The summed E-state index contributed by atoms with van der Waals surface area (Å²) in [5.41, 5.74) is 3.22. The summed E-state index contributed by atoms with van der Waals surface area (Å²) in [5.74, 6) is 0.0347. The predicted octanol–water partition coefficient (Wildman–Crippen LogP) is 5.38. The van der Waals surface area contributed by atoms with Crippen molar-refractivity contribution in [2.24, 2.45) is 0 Å². The lowest BCUT2D eigenvalue weighted by atomic mass is 10.1. The largest absolute Gasteiger partial charge is 0.325 e. The lowest BCUT2D eigenvalue weighted by Gasteiger charge is -2.12. The summed E-state index contributed by atoms with van der Waals surface area (Å²) >= 11 is 4.73. The summed E-state index contributed by atoms with van der Waals surface area (Å²) in [6.45, 7) is 8.11. The molecule has 3 aromatic rings. The molecule has 0 unspecified atom stereocenters. The molecule has 1 aromatic heterocycles. The zero-order valence-electron chi connectivity index (χ0n) is 16.1. The second kappa shape index (κ2) is 9.37. The van der Waals surface area contributed by atoms with Crippen molar-refractivity contribution in [3.63, 3.8) is 0 Å². The number of benzene rings is 2. The van der Waals surface area contributed by atoms with Crippen LogP contribution in [0.3, 0.4) is 0 Å². The third-order valence-corrected chi connectivity index (χ3v) is 6.30. The van der Waals surface area contributed by atoms with E-state index in [9.17, 15) is 9.18 Å². The molecule has 0 aliphatic heterocycles. The van der Waals surface area contributed by atoms with Crippen molar-refractivity contribution in [2.45, 2.75) is 25.5 Å². The first-order chi connectivity index (χ1) is 13.9. The average molecular weight is 475 g/mol. The standard InChI is InChI=1S/C21H20BrFN4OS/c1-4-11-27-20(15-7-5-6-8-17(15)23)25-26-21(27)29-12-19(28)24-18-10-9-16(22)13(2)14(18)3/h4-10H,1,11-12H2,2-3H3,(H,24,28). The first kappa shape index (κ1) is 21.3. The molecular formula is C21H20BrFN4OS. The molecule has 5 nitrogen and oxygen atoms in total. The maximum absolute atomic E-state index is 14.2. The van der Waals surface area contributed by atoms with Crippen LogP contribution < -0.4 is 5.32 Å². The second-order valence-corrected chi connectivity index (χ2v) is 8.16. The summed E-state index contributed by atoms with van der Waals surface area (Å²) in [6, 6.07) is 10.2. The number of nitrogens with one attached hydrogen (secondary N) is 1. The van der Waals surface area contributed by atoms with Crippen molar-refractivity contribution in [3.05, 3.63) is 70.5 Å². The van der Waals surface area contributed by atoms with Gasteiger partial charge >= 0.3 is 0 Å². The van der Waals surface area contributed by atoms with Crippen LogP contribution in [-0.4, -0.2) is 26.4 Å². The molecule has 29 heavy (non-hydrogen) atoms. The molecule has 8 heteroatoms. The fraction of sp³-hybridized carbons (Fsp3) is 0.190. The fourth-order valence-electron chi connectivity index (χ4n) is 2.77. The van der Waals surface area contributed by atoms with E-state index in [0.717, 1.165) is 21.3 Å². The van der Waals surface area contributed by atoms with Crippen molar-refractivity contribution in [2.75, 3.05) is 11.1 Å².